The van der Waals surface area contributed by atoms with Crippen LogP contribution in [0.1, 0.15) is 16.2 Å². The zero-order valence-corrected chi connectivity index (χ0v) is 16.7. The fourth-order valence-electron chi connectivity index (χ4n) is 3.77. The summed E-state index contributed by atoms with van der Waals surface area (Å²) in [7, 11) is 0. The second-order valence-corrected chi connectivity index (χ2v) is 7.38. The molecule has 0 saturated carbocycles. The average Bonchev–Trinajstić information content (AvgIpc) is 3.25. The predicted octanol–water partition coefficient (Wildman–Crippen LogP) is 3.56. The van der Waals surface area contributed by atoms with Crippen LogP contribution >= 0.6 is 0 Å². The zero-order valence-electron chi connectivity index (χ0n) is 16.7. The zero-order chi connectivity index (χ0) is 20.5. The molecule has 1 fully saturated rings. The molecule has 0 atom stereocenters. The molecule has 0 radical (unpaired) electrons. The highest BCUT2D eigenvalue weighted by molar-refractivity contribution is 5.98. The fraction of sp³-hybridized carbons (Fsp3) is 0.217. The first-order valence-corrected chi connectivity index (χ1v) is 9.97. The smallest absolute Gasteiger partial charge is 0.253 e. The lowest BCUT2D eigenvalue weighted by Crippen LogP contribution is -2.49. The van der Waals surface area contributed by atoms with Gasteiger partial charge in [-0.15, -0.1) is 0 Å². The first-order valence-electron chi connectivity index (χ1n) is 9.97. The van der Waals surface area contributed by atoms with Gasteiger partial charge in [-0.2, -0.15) is 4.98 Å². The number of aromatic nitrogens is 3. The third kappa shape index (κ3) is 3.50. The third-order valence-corrected chi connectivity index (χ3v) is 5.42. The molecule has 1 saturated heterocycles. The van der Waals surface area contributed by atoms with Crippen molar-refractivity contribution >= 4 is 22.5 Å². The quantitative estimate of drug-likeness (QED) is 0.524. The minimum absolute atomic E-state index is 0.0798. The summed E-state index contributed by atoms with van der Waals surface area (Å²) in [6.07, 6.45) is 1.76. The van der Waals surface area contributed by atoms with Gasteiger partial charge in [-0.1, -0.05) is 35.5 Å². The van der Waals surface area contributed by atoms with Crippen LogP contribution in [0.3, 0.4) is 0 Å². The first kappa shape index (κ1) is 18.3. The van der Waals surface area contributed by atoms with E-state index in [1.807, 2.05) is 53.4 Å². The standard InChI is InChI=1S/C23H21N5O2/c1-16-25-22(26-30-16)20-8-9-21(24-15-20)27-10-12-28(13-11-27)23(29)19-7-6-17-4-2-3-5-18(17)14-19/h2-9,14-15H,10-13H2,1H3. The van der Waals surface area contributed by atoms with E-state index in [1.165, 1.54) is 0 Å². The molecule has 7 heteroatoms. The number of nitrogens with zero attached hydrogens (tertiary/aromatic N) is 5. The molecule has 7 nitrogen and oxygen atoms in total. The van der Waals surface area contributed by atoms with Crippen LogP contribution in [0.2, 0.25) is 0 Å². The first-order chi connectivity index (χ1) is 14.7. The van der Waals surface area contributed by atoms with Gasteiger partial charge >= 0.3 is 0 Å². The topological polar surface area (TPSA) is 75.4 Å². The number of aryl methyl sites for hydroxylation is 1. The number of anilines is 1. The Hall–Kier alpha value is -3.74. The summed E-state index contributed by atoms with van der Waals surface area (Å²) in [4.78, 5) is 25.8. The number of rotatable bonds is 3. The largest absolute Gasteiger partial charge is 0.353 e. The Labute approximate surface area is 173 Å². The van der Waals surface area contributed by atoms with E-state index in [0.29, 0.717) is 24.8 Å². The van der Waals surface area contributed by atoms with E-state index in [4.69, 9.17) is 4.52 Å². The molecular weight excluding hydrogens is 378 g/mol. The summed E-state index contributed by atoms with van der Waals surface area (Å²) in [5.74, 6) is 2.03. The number of carbonyl (C=O) groups is 1. The highest BCUT2D eigenvalue weighted by Crippen LogP contribution is 2.21. The SMILES string of the molecule is Cc1nc(-c2ccc(N3CCN(C(=O)c4ccc5ccccc5c4)CC3)nc2)no1. The Morgan fingerprint density at radius 2 is 1.77 bits per heavy atom. The number of carbonyl (C=O) groups excluding carboxylic acids is 1. The van der Waals surface area contributed by atoms with Gasteiger partial charge in [0.1, 0.15) is 5.82 Å². The minimum atomic E-state index is 0.0798. The van der Waals surface area contributed by atoms with Gasteiger partial charge in [0.15, 0.2) is 0 Å². The molecule has 0 spiro atoms. The van der Waals surface area contributed by atoms with E-state index in [0.717, 1.165) is 40.8 Å². The van der Waals surface area contributed by atoms with E-state index in [1.54, 1.807) is 13.1 Å². The van der Waals surface area contributed by atoms with Crippen molar-refractivity contribution in [2.75, 3.05) is 31.1 Å². The molecule has 5 rings (SSSR count). The number of amides is 1. The van der Waals surface area contributed by atoms with Crippen molar-refractivity contribution in [3.63, 3.8) is 0 Å². The Morgan fingerprint density at radius 1 is 0.967 bits per heavy atom. The summed E-state index contributed by atoms with van der Waals surface area (Å²) in [5.41, 5.74) is 1.56. The number of fused-ring (bicyclic) bond motifs is 1. The summed E-state index contributed by atoms with van der Waals surface area (Å²) >= 11 is 0. The van der Waals surface area contributed by atoms with Crippen molar-refractivity contribution in [1.82, 2.24) is 20.0 Å². The number of benzene rings is 2. The van der Waals surface area contributed by atoms with Crippen molar-refractivity contribution < 1.29 is 9.32 Å². The van der Waals surface area contributed by atoms with E-state index in [-0.39, 0.29) is 5.91 Å². The van der Waals surface area contributed by atoms with E-state index in [2.05, 4.69) is 26.1 Å². The van der Waals surface area contributed by atoms with Crippen LogP contribution in [0.15, 0.2) is 65.3 Å². The molecule has 3 heterocycles. The number of pyridine rings is 1. The van der Waals surface area contributed by atoms with Gasteiger partial charge in [0.2, 0.25) is 11.7 Å². The molecule has 0 aliphatic carbocycles. The van der Waals surface area contributed by atoms with Crippen molar-refractivity contribution in [1.29, 1.82) is 0 Å². The maximum absolute atomic E-state index is 13.0. The van der Waals surface area contributed by atoms with Crippen LogP contribution < -0.4 is 4.90 Å². The molecule has 2 aromatic heterocycles. The maximum Gasteiger partial charge on any atom is 0.253 e. The lowest BCUT2D eigenvalue weighted by Gasteiger charge is -2.35. The Bertz CT molecular complexity index is 1190. The molecule has 0 bridgehead atoms. The Morgan fingerprint density at radius 3 is 2.47 bits per heavy atom. The third-order valence-electron chi connectivity index (χ3n) is 5.42. The van der Waals surface area contributed by atoms with Gasteiger partial charge in [0.25, 0.3) is 5.91 Å². The normalized spacial score (nSPS) is 14.3. The second kappa shape index (κ2) is 7.59. The Kier molecular flexibility index (Phi) is 4.63. The van der Waals surface area contributed by atoms with Crippen LogP contribution in [0.25, 0.3) is 22.2 Å². The highest BCUT2D eigenvalue weighted by atomic mass is 16.5. The van der Waals surface area contributed by atoms with Gasteiger partial charge in [-0.3, -0.25) is 4.79 Å². The van der Waals surface area contributed by atoms with Gasteiger partial charge in [-0.05, 0) is 35.0 Å². The molecule has 0 N–H and O–H groups in total. The summed E-state index contributed by atoms with van der Waals surface area (Å²) in [5, 5.41) is 6.15. The van der Waals surface area contributed by atoms with Crippen molar-refractivity contribution in [3.8, 4) is 11.4 Å². The van der Waals surface area contributed by atoms with Gasteiger partial charge < -0.3 is 14.3 Å². The fourth-order valence-corrected chi connectivity index (χ4v) is 3.77. The number of hydrogen-bond acceptors (Lipinski definition) is 6. The summed E-state index contributed by atoms with van der Waals surface area (Å²) < 4.78 is 5.02. The lowest BCUT2D eigenvalue weighted by atomic mass is 10.1. The minimum Gasteiger partial charge on any atom is -0.353 e. The van der Waals surface area contributed by atoms with Crippen LogP contribution in [0.4, 0.5) is 5.82 Å². The average molecular weight is 399 g/mol. The molecule has 30 heavy (non-hydrogen) atoms. The Balaban J connectivity index is 1.25. The van der Waals surface area contributed by atoms with Gasteiger partial charge in [0.05, 0.1) is 0 Å². The molecule has 4 aromatic rings. The van der Waals surface area contributed by atoms with E-state index < -0.39 is 0 Å². The van der Waals surface area contributed by atoms with E-state index in [9.17, 15) is 4.79 Å². The van der Waals surface area contributed by atoms with Crippen molar-refractivity contribution in [2.45, 2.75) is 6.92 Å². The summed E-state index contributed by atoms with van der Waals surface area (Å²) in [6, 6.07) is 17.9. The molecule has 1 aliphatic heterocycles. The van der Waals surface area contributed by atoms with Gasteiger partial charge in [0, 0.05) is 50.4 Å². The van der Waals surface area contributed by atoms with Crippen molar-refractivity contribution in [2.24, 2.45) is 0 Å². The molecule has 2 aromatic carbocycles. The van der Waals surface area contributed by atoms with Crippen LogP contribution in [0, 0.1) is 6.92 Å². The monoisotopic (exact) mass is 399 g/mol. The molecule has 0 unspecified atom stereocenters. The number of piperazine rings is 1. The number of hydrogen-bond donors (Lipinski definition) is 0. The van der Waals surface area contributed by atoms with Gasteiger partial charge in [-0.25, -0.2) is 4.98 Å². The molecular formula is C23H21N5O2. The lowest BCUT2D eigenvalue weighted by molar-refractivity contribution is 0.0746. The van der Waals surface area contributed by atoms with Crippen LogP contribution in [0.5, 0.6) is 0 Å². The van der Waals surface area contributed by atoms with Crippen molar-refractivity contribution in [3.05, 3.63) is 72.2 Å². The van der Waals surface area contributed by atoms with E-state index >= 15 is 0 Å². The van der Waals surface area contributed by atoms with Crippen LogP contribution in [-0.2, 0) is 0 Å². The van der Waals surface area contributed by atoms with Crippen LogP contribution in [-0.4, -0.2) is 52.1 Å². The molecule has 1 amide bonds. The molecule has 1 aliphatic rings. The summed E-state index contributed by atoms with van der Waals surface area (Å²) in [6.45, 7) is 4.58. The molecule has 150 valence electrons. The highest BCUT2D eigenvalue weighted by Gasteiger charge is 2.23. The maximum atomic E-state index is 13.0. The predicted molar refractivity (Wildman–Crippen MR) is 114 cm³/mol. The second-order valence-electron chi connectivity index (χ2n) is 7.38.